The topological polar surface area (TPSA) is 197 Å². The number of hydrogen-bond donors (Lipinski definition) is 5. The third-order valence-corrected chi connectivity index (χ3v) is 8.43. The van der Waals surface area contributed by atoms with E-state index >= 15 is 0 Å². The van der Waals surface area contributed by atoms with Crippen molar-refractivity contribution in [2.75, 3.05) is 13.7 Å². The number of carbonyl (C=O) groups is 4. The average molecular weight is 585 g/mol. The fourth-order valence-corrected chi connectivity index (χ4v) is 6.38. The smallest absolute Gasteiger partial charge is 0.202 e. The molecule has 6 atom stereocenters. The van der Waals surface area contributed by atoms with Crippen LogP contribution in [0.25, 0.3) is 0 Å². The van der Waals surface area contributed by atoms with Crippen LogP contribution in [0.1, 0.15) is 82.2 Å². The van der Waals surface area contributed by atoms with Gasteiger partial charge in [-0.2, -0.15) is 0 Å². The Morgan fingerprint density at radius 2 is 1.79 bits per heavy atom. The minimum absolute atomic E-state index is 0.0420. The highest BCUT2D eigenvalue weighted by Crippen LogP contribution is 2.52. The Kier molecular flexibility index (Phi) is 7.71. The Bertz CT molecular complexity index is 1500. The highest BCUT2D eigenvalue weighted by molar-refractivity contribution is 6.31. The second-order valence-electron chi connectivity index (χ2n) is 11.2. The summed E-state index contributed by atoms with van der Waals surface area (Å²) in [5, 5.41) is 54.5. The first-order chi connectivity index (χ1) is 19.8. The van der Waals surface area contributed by atoms with E-state index in [1.54, 1.807) is 6.92 Å². The van der Waals surface area contributed by atoms with Crippen LogP contribution < -0.4 is 4.74 Å². The molecule has 0 radical (unpaired) electrons. The van der Waals surface area contributed by atoms with Crippen LogP contribution in [0.15, 0.2) is 18.2 Å². The number of phenolic OH excluding ortho intramolecular Hbond substituents is 2. The summed E-state index contributed by atoms with van der Waals surface area (Å²) in [5.74, 6) is -4.56. The molecule has 3 aliphatic rings. The van der Waals surface area contributed by atoms with Gasteiger partial charge in [-0.15, -0.1) is 0 Å². The van der Waals surface area contributed by atoms with Crippen molar-refractivity contribution in [2.45, 2.75) is 69.7 Å². The van der Waals surface area contributed by atoms with E-state index in [1.165, 1.54) is 32.2 Å². The van der Waals surface area contributed by atoms with Crippen molar-refractivity contribution in [2.24, 2.45) is 5.92 Å². The zero-order valence-electron chi connectivity index (χ0n) is 23.2. The van der Waals surface area contributed by atoms with Crippen LogP contribution in [-0.4, -0.2) is 86.5 Å². The molecule has 2 aromatic rings. The van der Waals surface area contributed by atoms with E-state index in [2.05, 4.69) is 0 Å². The van der Waals surface area contributed by atoms with Crippen molar-refractivity contribution in [1.29, 1.82) is 0 Å². The summed E-state index contributed by atoms with van der Waals surface area (Å²) in [6.07, 6.45) is -5.20. The largest absolute Gasteiger partial charge is 0.507 e. The van der Waals surface area contributed by atoms with Gasteiger partial charge in [-0.3, -0.25) is 14.4 Å². The summed E-state index contributed by atoms with van der Waals surface area (Å²) < 4.78 is 17.2. The fraction of sp³-hybridized carbons (Fsp3) is 0.467. The molecule has 0 aromatic heterocycles. The third kappa shape index (κ3) is 4.69. The maximum Gasteiger partial charge on any atom is 0.202 e. The molecule has 0 unspecified atom stereocenters. The van der Waals surface area contributed by atoms with Crippen LogP contribution in [0, 0.1) is 5.92 Å². The number of benzene rings is 2. The molecule has 12 nitrogen and oxygen atoms in total. The van der Waals surface area contributed by atoms with Crippen LogP contribution >= 0.6 is 0 Å². The first-order valence-electron chi connectivity index (χ1n) is 13.5. The minimum Gasteiger partial charge on any atom is -0.507 e. The molecule has 5 N–H and O–H groups in total. The van der Waals surface area contributed by atoms with E-state index in [4.69, 9.17) is 14.2 Å². The Morgan fingerprint density at radius 1 is 1.10 bits per heavy atom. The van der Waals surface area contributed by atoms with Gasteiger partial charge in [0.1, 0.15) is 35.2 Å². The Morgan fingerprint density at radius 3 is 2.43 bits per heavy atom. The summed E-state index contributed by atoms with van der Waals surface area (Å²) in [6, 6.07) is 4.35. The zero-order valence-corrected chi connectivity index (χ0v) is 23.2. The van der Waals surface area contributed by atoms with Crippen LogP contribution in [0.2, 0.25) is 0 Å². The lowest BCUT2D eigenvalue weighted by atomic mass is 9.72. The SMILES string of the molecule is COc1cccc2c1C(=O)c1c(O)c3c(c(O)c1C2=O)C[C@@](O)(C(=O)CO)C[C@@H]3O[C@H]1C[C@@H](CC(C)=O)[C@H](O)[C@H](C)O1. The van der Waals surface area contributed by atoms with Crippen LogP contribution in [0.5, 0.6) is 17.2 Å². The molecule has 0 spiro atoms. The second-order valence-corrected chi connectivity index (χ2v) is 11.2. The van der Waals surface area contributed by atoms with Gasteiger partial charge in [0, 0.05) is 42.4 Å². The number of aliphatic hydroxyl groups is 3. The molecule has 2 aromatic carbocycles. The molecule has 1 heterocycles. The Hall–Kier alpha value is -3.68. The van der Waals surface area contributed by atoms with Crippen LogP contribution in [-0.2, 0) is 25.5 Å². The van der Waals surface area contributed by atoms with Gasteiger partial charge in [0.15, 0.2) is 17.9 Å². The monoisotopic (exact) mass is 584 g/mol. The Balaban J connectivity index is 1.65. The van der Waals surface area contributed by atoms with Gasteiger partial charge in [-0.1, -0.05) is 12.1 Å². The van der Waals surface area contributed by atoms with E-state index in [9.17, 15) is 44.7 Å². The molecule has 42 heavy (non-hydrogen) atoms. The predicted molar refractivity (Wildman–Crippen MR) is 143 cm³/mol. The van der Waals surface area contributed by atoms with Crippen molar-refractivity contribution in [3.63, 3.8) is 0 Å². The molecule has 2 aliphatic carbocycles. The number of methoxy groups -OCH3 is 1. The number of rotatable bonds is 7. The number of hydrogen-bond acceptors (Lipinski definition) is 12. The van der Waals surface area contributed by atoms with Crippen LogP contribution in [0.4, 0.5) is 0 Å². The summed E-state index contributed by atoms with van der Waals surface area (Å²) in [6.45, 7) is 1.93. The zero-order chi connectivity index (χ0) is 30.7. The van der Waals surface area contributed by atoms with Crippen molar-refractivity contribution < 1.29 is 58.9 Å². The maximum atomic E-state index is 13.7. The number of ether oxygens (including phenoxy) is 3. The van der Waals surface area contributed by atoms with E-state index in [0.717, 1.165) is 0 Å². The first kappa shape index (κ1) is 29.8. The van der Waals surface area contributed by atoms with Gasteiger partial charge in [0.05, 0.1) is 42.1 Å². The molecule has 1 aliphatic heterocycles. The van der Waals surface area contributed by atoms with E-state index in [-0.39, 0.29) is 46.6 Å². The van der Waals surface area contributed by atoms with E-state index in [1.807, 2.05) is 0 Å². The van der Waals surface area contributed by atoms with Gasteiger partial charge in [0.2, 0.25) is 5.78 Å². The van der Waals surface area contributed by atoms with Gasteiger partial charge < -0.3 is 44.5 Å². The molecule has 5 rings (SSSR count). The van der Waals surface area contributed by atoms with Crippen molar-refractivity contribution in [3.8, 4) is 17.2 Å². The van der Waals surface area contributed by atoms with Crippen molar-refractivity contribution in [1.82, 2.24) is 0 Å². The standard InChI is InChI=1S/C30H32O12/c1-12(32)7-14-8-20(41-13(2)25(14)34)42-18-10-30(39,19(33)11-31)9-16-22(18)29(38)24-23(27(16)36)26(35)15-5-4-6-17(40-3)21(15)28(24)37/h4-6,13-14,18,20,25,31,34,36,38-39H,7-11H2,1-3H3/t13-,14+,18-,20-,25+,30-/m0/s1. The highest BCUT2D eigenvalue weighted by Gasteiger charge is 2.50. The lowest BCUT2D eigenvalue weighted by Gasteiger charge is -2.42. The highest BCUT2D eigenvalue weighted by atomic mass is 16.7. The quantitative estimate of drug-likeness (QED) is 0.250. The Labute approximate surface area is 240 Å². The van der Waals surface area contributed by atoms with Gasteiger partial charge in [-0.25, -0.2) is 0 Å². The number of phenols is 2. The number of carbonyl (C=O) groups excluding carboxylic acids is 4. The third-order valence-electron chi connectivity index (χ3n) is 8.43. The van der Waals surface area contributed by atoms with Crippen LogP contribution in [0.3, 0.4) is 0 Å². The van der Waals surface area contributed by atoms with E-state index < -0.39 is 95.5 Å². The van der Waals surface area contributed by atoms with Gasteiger partial charge in [-0.05, 0) is 25.8 Å². The fourth-order valence-electron chi connectivity index (χ4n) is 6.38. The summed E-state index contributed by atoms with van der Waals surface area (Å²) in [4.78, 5) is 51.8. The average Bonchev–Trinajstić information content (AvgIpc) is 2.94. The molecule has 1 saturated heterocycles. The molecular formula is C30H32O12. The summed E-state index contributed by atoms with van der Waals surface area (Å²) in [7, 11) is 1.32. The summed E-state index contributed by atoms with van der Waals surface area (Å²) >= 11 is 0. The normalized spacial score (nSPS) is 28.5. The molecule has 12 heteroatoms. The molecule has 224 valence electrons. The molecular weight excluding hydrogens is 552 g/mol. The van der Waals surface area contributed by atoms with Gasteiger partial charge >= 0.3 is 0 Å². The number of ketones is 4. The lowest BCUT2D eigenvalue weighted by molar-refractivity contribution is -0.257. The lowest BCUT2D eigenvalue weighted by Crippen LogP contribution is -2.49. The first-order valence-corrected chi connectivity index (χ1v) is 13.5. The second kappa shape index (κ2) is 10.9. The summed E-state index contributed by atoms with van der Waals surface area (Å²) in [5.41, 5.74) is -3.75. The number of Topliss-reactive ketones (excluding diaryl/α,β-unsaturated/α-hetero) is 2. The van der Waals surface area contributed by atoms with Gasteiger partial charge in [0.25, 0.3) is 0 Å². The molecule has 0 saturated carbocycles. The molecule has 1 fully saturated rings. The number of aliphatic hydroxyl groups excluding tert-OH is 2. The molecule has 0 amide bonds. The maximum absolute atomic E-state index is 13.7. The molecule has 0 bridgehead atoms. The van der Waals surface area contributed by atoms with E-state index in [0.29, 0.717) is 0 Å². The predicted octanol–water partition coefficient (Wildman–Crippen LogP) is 1.27. The number of aromatic hydroxyl groups is 2. The minimum atomic E-state index is -2.27. The van der Waals surface area contributed by atoms with Crippen molar-refractivity contribution >= 4 is 23.1 Å². The number of fused-ring (bicyclic) bond motifs is 3. The van der Waals surface area contributed by atoms with Crippen molar-refractivity contribution in [3.05, 3.63) is 51.6 Å².